The number of anilines is 3. The highest BCUT2D eigenvalue weighted by Crippen LogP contribution is 2.57. The third-order valence-electron chi connectivity index (χ3n) is 13.5. The zero-order chi connectivity index (χ0) is 43.9. The smallest absolute Gasteiger partial charge is 0.0714 e. The highest BCUT2D eigenvalue weighted by Gasteiger charge is 2.46. The van der Waals surface area contributed by atoms with Gasteiger partial charge < -0.3 is 4.90 Å². The van der Waals surface area contributed by atoms with Crippen molar-refractivity contribution < 1.29 is 0 Å². The highest BCUT2D eigenvalue weighted by molar-refractivity contribution is 5.94. The van der Waals surface area contributed by atoms with Crippen molar-refractivity contribution in [1.29, 1.82) is 0 Å². The van der Waals surface area contributed by atoms with Gasteiger partial charge in [0, 0.05) is 16.9 Å². The van der Waals surface area contributed by atoms with Gasteiger partial charge in [0.2, 0.25) is 0 Å². The maximum atomic E-state index is 2.47. The maximum absolute atomic E-state index is 2.47. The Morgan fingerprint density at radius 2 is 0.712 bits per heavy atom. The lowest BCUT2D eigenvalue weighted by Crippen LogP contribution is -2.28. The van der Waals surface area contributed by atoms with E-state index in [-0.39, 0.29) is 0 Å². The molecule has 0 heterocycles. The van der Waals surface area contributed by atoms with Crippen molar-refractivity contribution in [3.05, 3.63) is 295 Å². The Bertz CT molecular complexity index is 3480. The van der Waals surface area contributed by atoms with Crippen LogP contribution < -0.4 is 4.90 Å². The Morgan fingerprint density at radius 3 is 1.42 bits per heavy atom. The van der Waals surface area contributed by atoms with Crippen LogP contribution in [0.5, 0.6) is 0 Å². The molecule has 0 unspecified atom stereocenters. The number of hydrogen-bond donors (Lipinski definition) is 0. The van der Waals surface area contributed by atoms with Gasteiger partial charge in [-0.25, -0.2) is 0 Å². The maximum Gasteiger partial charge on any atom is 0.0714 e. The van der Waals surface area contributed by atoms with Crippen LogP contribution in [0, 0.1) is 0 Å². The summed E-state index contributed by atoms with van der Waals surface area (Å²) in [4.78, 5) is 2.46. The summed E-state index contributed by atoms with van der Waals surface area (Å²) in [6.07, 6.45) is 0. The quantitative estimate of drug-likeness (QED) is 0.140. The molecule has 1 heteroatoms. The molecule has 11 aromatic rings. The normalized spacial score (nSPS) is 12.4. The Kier molecular flexibility index (Phi) is 9.81. The molecule has 1 aliphatic rings. The SMILES string of the molecule is c1ccc(-c2cccc(-c3ccccc3N(c3ccc(-c4cccc(-c5ccc6ccccc6c5)c4)cc3)c3ccc4c(c3)C(c3ccccc3)(c3ccccc3)c3ccccc3-4)c2)cc1. The van der Waals surface area contributed by atoms with Crippen LogP contribution in [-0.2, 0) is 5.41 Å². The predicted molar refractivity (Wildman–Crippen MR) is 278 cm³/mol. The molecular weight excluding hydrogens is 795 g/mol. The topological polar surface area (TPSA) is 3.24 Å². The number of para-hydroxylation sites is 1. The van der Waals surface area contributed by atoms with Gasteiger partial charge in [0.1, 0.15) is 0 Å². The molecule has 1 nitrogen and oxygen atoms in total. The summed E-state index contributed by atoms with van der Waals surface area (Å²) in [6.45, 7) is 0. The van der Waals surface area contributed by atoms with Gasteiger partial charge in [-0.1, -0.05) is 224 Å². The first-order valence-corrected chi connectivity index (χ1v) is 22.8. The van der Waals surface area contributed by atoms with Crippen LogP contribution in [0.25, 0.3) is 66.4 Å². The number of benzene rings is 11. The summed E-state index contributed by atoms with van der Waals surface area (Å²) >= 11 is 0. The second-order valence-corrected chi connectivity index (χ2v) is 17.2. The van der Waals surface area contributed by atoms with Gasteiger partial charge in [0.15, 0.2) is 0 Å². The van der Waals surface area contributed by atoms with Crippen molar-refractivity contribution >= 4 is 27.8 Å². The minimum absolute atomic E-state index is 0.528. The number of rotatable bonds is 9. The van der Waals surface area contributed by atoms with E-state index in [0.717, 1.165) is 28.2 Å². The van der Waals surface area contributed by atoms with E-state index in [9.17, 15) is 0 Å². The van der Waals surface area contributed by atoms with Gasteiger partial charge >= 0.3 is 0 Å². The molecule has 0 aromatic heterocycles. The van der Waals surface area contributed by atoms with Gasteiger partial charge in [-0.05, 0) is 132 Å². The summed E-state index contributed by atoms with van der Waals surface area (Å²) in [5.74, 6) is 0. The molecule has 0 fully saturated rings. The molecule has 0 saturated carbocycles. The van der Waals surface area contributed by atoms with Crippen LogP contribution in [0.4, 0.5) is 17.1 Å². The zero-order valence-corrected chi connectivity index (χ0v) is 36.4. The third kappa shape index (κ3) is 6.73. The predicted octanol–water partition coefficient (Wildman–Crippen LogP) is 17.3. The molecule has 0 amide bonds. The lowest BCUT2D eigenvalue weighted by atomic mass is 9.67. The largest absolute Gasteiger partial charge is 0.310 e. The fourth-order valence-corrected chi connectivity index (χ4v) is 10.5. The van der Waals surface area contributed by atoms with Crippen LogP contribution in [0.15, 0.2) is 273 Å². The molecule has 0 saturated heterocycles. The second-order valence-electron chi connectivity index (χ2n) is 17.2. The lowest BCUT2D eigenvalue weighted by Gasteiger charge is -2.35. The Balaban J connectivity index is 1.04. The first-order valence-electron chi connectivity index (χ1n) is 22.8. The summed E-state index contributed by atoms with van der Waals surface area (Å²) in [5, 5.41) is 2.50. The van der Waals surface area contributed by atoms with Gasteiger partial charge in [0.05, 0.1) is 11.1 Å². The molecule has 1 aliphatic carbocycles. The van der Waals surface area contributed by atoms with E-state index in [2.05, 4.69) is 278 Å². The van der Waals surface area contributed by atoms with Crippen LogP contribution in [0.2, 0.25) is 0 Å². The van der Waals surface area contributed by atoms with E-state index < -0.39 is 5.41 Å². The van der Waals surface area contributed by atoms with E-state index in [1.165, 1.54) is 77.5 Å². The van der Waals surface area contributed by atoms with Crippen molar-refractivity contribution in [2.75, 3.05) is 4.90 Å². The van der Waals surface area contributed by atoms with Crippen molar-refractivity contribution in [3.8, 4) is 55.6 Å². The highest BCUT2D eigenvalue weighted by atomic mass is 15.1. The van der Waals surface area contributed by atoms with Gasteiger partial charge in [-0.2, -0.15) is 0 Å². The summed E-state index contributed by atoms with van der Waals surface area (Å²) in [5.41, 5.74) is 19.8. The molecule has 0 atom stereocenters. The monoisotopic (exact) mass is 839 g/mol. The van der Waals surface area contributed by atoms with Gasteiger partial charge in [-0.3, -0.25) is 0 Å². The molecule has 0 spiro atoms. The first-order chi connectivity index (χ1) is 32.7. The molecule has 0 bridgehead atoms. The summed E-state index contributed by atoms with van der Waals surface area (Å²) in [6, 6.07) is 100. The van der Waals surface area contributed by atoms with E-state index in [4.69, 9.17) is 0 Å². The Hall–Kier alpha value is -8.52. The van der Waals surface area contributed by atoms with Gasteiger partial charge in [-0.15, -0.1) is 0 Å². The number of hydrogen-bond acceptors (Lipinski definition) is 1. The standard InChI is InChI=1S/C65H45N/c1-4-18-46(19-5-1)51-23-17-25-54(44-51)59-30-13-15-33-64(59)66(57-38-36-48(37-39-57)50-22-16-24-52(42-50)53-35-34-47-20-10-11-21-49(47)43-53)58-40-41-61-60-31-12-14-32-62(60)65(63(61)45-58,55-26-6-2-7-27-55)56-28-8-3-9-29-56/h1-45H. The van der Waals surface area contributed by atoms with Crippen LogP contribution in [0.1, 0.15) is 22.3 Å². The van der Waals surface area contributed by atoms with Crippen molar-refractivity contribution in [1.82, 2.24) is 0 Å². The Labute approximate surface area is 387 Å². The minimum atomic E-state index is -0.528. The van der Waals surface area contributed by atoms with E-state index in [0.29, 0.717) is 0 Å². The van der Waals surface area contributed by atoms with Crippen LogP contribution in [0.3, 0.4) is 0 Å². The van der Waals surface area contributed by atoms with Crippen LogP contribution in [-0.4, -0.2) is 0 Å². The molecule has 0 aliphatic heterocycles. The fraction of sp³-hybridized carbons (Fsp3) is 0.0154. The van der Waals surface area contributed by atoms with E-state index in [1.54, 1.807) is 0 Å². The first kappa shape index (κ1) is 39.1. The van der Waals surface area contributed by atoms with E-state index >= 15 is 0 Å². The molecular formula is C65H45N. The molecule has 0 radical (unpaired) electrons. The third-order valence-corrected chi connectivity index (χ3v) is 13.5. The molecule has 11 aromatic carbocycles. The van der Waals surface area contributed by atoms with E-state index in [1.807, 2.05) is 0 Å². The molecule has 12 rings (SSSR count). The van der Waals surface area contributed by atoms with Gasteiger partial charge in [0.25, 0.3) is 0 Å². The molecule has 310 valence electrons. The number of nitrogens with zero attached hydrogens (tertiary/aromatic N) is 1. The molecule has 66 heavy (non-hydrogen) atoms. The second kappa shape index (κ2) is 16.6. The Morgan fingerprint density at radius 1 is 0.242 bits per heavy atom. The molecule has 0 N–H and O–H groups in total. The summed E-state index contributed by atoms with van der Waals surface area (Å²) in [7, 11) is 0. The average Bonchev–Trinajstić information content (AvgIpc) is 3.70. The lowest BCUT2D eigenvalue weighted by molar-refractivity contribution is 0.768. The average molecular weight is 840 g/mol. The minimum Gasteiger partial charge on any atom is -0.310 e. The van der Waals surface area contributed by atoms with Crippen molar-refractivity contribution in [3.63, 3.8) is 0 Å². The summed E-state index contributed by atoms with van der Waals surface area (Å²) < 4.78 is 0. The van der Waals surface area contributed by atoms with Crippen LogP contribution >= 0.6 is 0 Å². The zero-order valence-electron chi connectivity index (χ0n) is 36.4. The fourth-order valence-electron chi connectivity index (χ4n) is 10.5. The number of fused-ring (bicyclic) bond motifs is 4. The van der Waals surface area contributed by atoms with Crippen molar-refractivity contribution in [2.45, 2.75) is 5.41 Å². The van der Waals surface area contributed by atoms with Crippen molar-refractivity contribution in [2.24, 2.45) is 0 Å².